The quantitative estimate of drug-likeness (QED) is 0.904. The predicted octanol–water partition coefficient (Wildman–Crippen LogP) is 3.72. The second-order valence-electron chi connectivity index (χ2n) is 6.10. The molecule has 1 saturated heterocycles. The zero-order chi connectivity index (χ0) is 14.9. The first-order valence-corrected chi connectivity index (χ1v) is 7.67. The third-order valence-electron chi connectivity index (χ3n) is 4.57. The molecule has 1 aromatic rings. The summed E-state index contributed by atoms with van der Waals surface area (Å²) in [5.74, 6) is -0.514. The second kappa shape index (κ2) is 5.94. The molecule has 1 saturated carbocycles. The molecule has 0 bridgehead atoms. The van der Waals surface area contributed by atoms with Gasteiger partial charge in [-0.1, -0.05) is 18.0 Å². The Morgan fingerprint density at radius 1 is 1.10 bits per heavy atom. The van der Waals surface area contributed by atoms with Gasteiger partial charge in [-0.15, -0.1) is 0 Å². The Balaban J connectivity index is 1.67. The highest BCUT2D eigenvalue weighted by molar-refractivity contribution is 5.01. The zero-order valence-electron chi connectivity index (χ0n) is 11.8. The van der Waals surface area contributed by atoms with E-state index in [-0.39, 0.29) is 24.8 Å². The number of aromatic nitrogens is 2. The lowest BCUT2D eigenvalue weighted by molar-refractivity contribution is -0.183. The Morgan fingerprint density at radius 3 is 2.67 bits per heavy atom. The van der Waals surface area contributed by atoms with Gasteiger partial charge in [0.15, 0.2) is 5.82 Å². The second-order valence-corrected chi connectivity index (χ2v) is 6.10. The van der Waals surface area contributed by atoms with Crippen molar-refractivity contribution in [2.45, 2.75) is 63.1 Å². The fraction of sp³-hybridized carbons (Fsp3) is 0.857. The van der Waals surface area contributed by atoms with Crippen molar-refractivity contribution in [3.05, 3.63) is 11.7 Å². The molecular weight excluding hydrogens is 283 g/mol. The summed E-state index contributed by atoms with van der Waals surface area (Å²) in [5.41, 5.74) is 0. The summed E-state index contributed by atoms with van der Waals surface area (Å²) in [4.78, 5) is 4.37. The van der Waals surface area contributed by atoms with Crippen molar-refractivity contribution in [3.8, 4) is 0 Å². The molecule has 1 aliphatic carbocycles. The molecule has 0 radical (unpaired) electrons. The molecule has 21 heavy (non-hydrogen) atoms. The van der Waals surface area contributed by atoms with Crippen molar-refractivity contribution in [2.24, 2.45) is 5.92 Å². The highest BCUT2D eigenvalue weighted by atomic mass is 19.4. The number of alkyl halides is 3. The van der Waals surface area contributed by atoms with Gasteiger partial charge in [-0.2, -0.15) is 18.2 Å². The molecule has 4 nitrogen and oxygen atoms in total. The fourth-order valence-corrected chi connectivity index (χ4v) is 3.34. The van der Waals surface area contributed by atoms with Crippen molar-refractivity contribution >= 4 is 0 Å². The standard InChI is InChI=1S/C14H20F3N3O/c15-14(16,17)10-5-3-4-9(8-10)13-19-12(20-21-13)11-6-1-2-7-18-11/h9-11,18H,1-8H2. The van der Waals surface area contributed by atoms with Crippen molar-refractivity contribution in [1.82, 2.24) is 15.5 Å². The van der Waals surface area contributed by atoms with Crippen LogP contribution in [0.5, 0.6) is 0 Å². The lowest BCUT2D eigenvalue weighted by atomic mass is 9.81. The zero-order valence-corrected chi connectivity index (χ0v) is 11.8. The van der Waals surface area contributed by atoms with Crippen LogP contribution >= 0.6 is 0 Å². The van der Waals surface area contributed by atoms with Crippen molar-refractivity contribution in [1.29, 1.82) is 0 Å². The van der Waals surface area contributed by atoms with Crippen LogP contribution in [0.4, 0.5) is 13.2 Å². The number of rotatable bonds is 2. The van der Waals surface area contributed by atoms with Crippen LogP contribution in [0.3, 0.4) is 0 Å². The van der Waals surface area contributed by atoms with Gasteiger partial charge in [-0.25, -0.2) is 0 Å². The van der Waals surface area contributed by atoms with Gasteiger partial charge in [-0.3, -0.25) is 0 Å². The molecule has 0 amide bonds. The Hall–Kier alpha value is -1.11. The van der Waals surface area contributed by atoms with Crippen molar-refractivity contribution in [2.75, 3.05) is 6.54 Å². The molecule has 0 spiro atoms. The van der Waals surface area contributed by atoms with Crippen molar-refractivity contribution in [3.63, 3.8) is 0 Å². The highest BCUT2D eigenvalue weighted by Gasteiger charge is 2.43. The number of nitrogens with one attached hydrogen (secondary N) is 1. The van der Waals surface area contributed by atoms with Crippen LogP contribution in [0, 0.1) is 5.92 Å². The molecule has 2 aliphatic rings. The van der Waals surface area contributed by atoms with Crippen molar-refractivity contribution < 1.29 is 17.7 Å². The van der Waals surface area contributed by atoms with Gasteiger partial charge in [0.2, 0.25) is 5.89 Å². The molecule has 7 heteroatoms. The van der Waals surface area contributed by atoms with Gasteiger partial charge in [0.25, 0.3) is 0 Å². The topological polar surface area (TPSA) is 51.0 Å². The first-order valence-electron chi connectivity index (χ1n) is 7.67. The molecule has 3 atom stereocenters. The average molecular weight is 303 g/mol. The van der Waals surface area contributed by atoms with E-state index in [9.17, 15) is 13.2 Å². The highest BCUT2D eigenvalue weighted by Crippen LogP contribution is 2.43. The Bertz CT molecular complexity index is 468. The molecule has 118 valence electrons. The number of halogens is 3. The number of piperidine rings is 1. The first-order chi connectivity index (χ1) is 10.0. The SMILES string of the molecule is FC(F)(F)C1CCCC(c2nc(C3CCCCN3)no2)C1. The molecular formula is C14H20F3N3O. The minimum absolute atomic E-state index is 0.0726. The van der Waals surface area contributed by atoms with E-state index < -0.39 is 12.1 Å². The van der Waals surface area contributed by atoms with E-state index >= 15 is 0 Å². The largest absolute Gasteiger partial charge is 0.391 e. The summed E-state index contributed by atoms with van der Waals surface area (Å²) in [6.45, 7) is 0.925. The Kier molecular flexibility index (Phi) is 4.19. The lowest BCUT2D eigenvalue weighted by Crippen LogP contribution is -2.28. The Labute approximate surface area is 121 Å². The Morgan fingerprint density at radius 2 is 1.95 bits per heavy atom. The normalized spacial score (nSPS) is 31.3. The monoisotopic (exact) mass is 303 g/mol. The van der Waals surface area contributed by atoms with Crippen LogP contribution in [-0.4, -0.2) is 22.9 Å². The summed E-state index contributed by atoms with van der Waals surface area (Å²) in [5, 5.41) is 7.29. The summed E-state index contributed by atoms with van der Waals surface area (Å²) in [6.07, 6.45) is 0.633. The van der Waals surface area contributed by atoms with Gasteiger partial charge in [0.05, 0.1) is 12.0 Å². The van der Waals surface area contributed by atoms with Gasteiger partial charge in [0, 0.05) is 5.92 Å². The lowest BCUT2D eigenvalue weighted by Gasteiger charge is -2.28. The van der Waals surface area contributed by atoms with Crippen LogP contribution in [0.15, 0.2) is 4.52 Å². The maximum atomic E-state index is 12.8. The van der Waals surface area contributed by atoms with Gasteiger partial charge >= 0.3 is 6.18 Å². The summed E-state index contributed by atoms with van der Waals surface area (Å²) in [6, 6.07) is 0.0817. The first kappa shape index (κ1) is 14.8. The molecule has 2 heterocycles. The van der Waals surface area contributed by atoms with Gasteiger partial charge in [-0.05, 0) is 38.6 Å². The van der Waals surface area contributed by atoms with E-state index in [1.165, 1.54) is 0 Å². The number of hydrogen-bond donors (Lipinski definition) is 1. The molecule has 2 fully saturated rings. The summed E-state index contributed by atoms with van der Waals surface area (Å²) >= 11 is 0. The van der Waals surface area contributed by atoms with Crippen LogP contribution in [0.25, 0.3) is 0 Å². The minimum Gasteiger partial charge on any atom is -0.339 e. The predicted molar refractivity (Wildman–Crippen MR) is 69.6 cm³/mol. The molecule has 3 rings (SSSR count). The van der Waals surface area contributed by atoms with Crippen LogP contribution < -0.4 is 5.32 Å². The summed E-state index contributed by atoms with van der Waals surface area (Å²) in [7, 11) is 0. The van der Waals surface area contributed by atoms with E-state index in [1.54, 1.807) is 0 Å². The van der Waals surface area contributed by atoms with Crippen LogP contribution in [0.2, 0.25) is 0 Å². The number of hydrogen-bond acceptors (Lipinski definition) is 4. The van der Waals surface area contributed by atoms with Crippen LogP contribution in [-0.2, 0) is 0 Å². The minimum atomic E-state index is -4.12. The maximum absolute atomic E-state index is 12.8. The van der Waals surface area contributed by atoms with Gasteiger partial charge < -0.3 is 9.84 Å². The number of nitrogens with zero attached hydrogens (tertiary/aromatic N) is 2. The smallest absolute Gasteiger partial charge is 0.339 e. The third-order valence-corrected chi connectivity index (χ3v) is 4.57. The molecule has 1 aromatic heterocycles. The van der Waals surface area contributed by atoms with Crippen LogP contribution in [0.1, 0.15) is 68.6 Å². The molecule has 0 aromatic carbocycles. The average Bonchev–Trinajstić information content (AvgIpc) is 2.97. The molecule has 1 N–H and O–H groups in total. The molecule has 3 unspecified atom stereocenters. The van der Waals surface area contributed by atoms with E-state index in [0.717, 1.165) is 25.8 Å². The van der Waals surface area contributed by atoms with Gasteiger partial charge in [0.1, 0.15) is 0 Å². The van der Waals surface area contributed by atoms with E-state index in [0.29, 0.717) is 24.6 Å². The van der Waals surface area contributed by atoms with E-state index in [1.807, 2.05) is 0 Å². The van der Waals surface area contributed by atoms with E-state index in [2.05, 4.69) is 15.5 Å². The summed E-state index contributed by atoms with van der Waals surface area (Å²) < 4.78 is 43.8. The maximum Gasteiger partial charge on any atom is 0.391 e. The fourth-order valence-electron chi connectivity index (χ4n) is 3.34. The van der Waals surface area contributed by atoms with E-state index in [4.69, 9.17) is 4.52 Å². The third kappa shape index (κ3) is 3.39. The molecule has 1 aliphatic heterocycles.